The Hall–Kier alpha value is -3.13. The fraction of sp³-hybridized carbons (Fsp3) is 0.250. The van der Waals surface area contributed by atoms with Crippen LogP contribution in [0.25, 0.3) is 10.6 Å². The van der Waals surface area contributed by atoms with Gasteiger partial charge >= 0.3 is 0 Å². The minimum atomic E-state index is -0.414. The second-order valence-electron chi connectivity index (χ2n) is 5.89. The van der Waals surface area contributed by atoms with Crippen molar-refractivity contribution >= 4 is 17.0 Å². The number of nitro groups is 1. The minimum absolute atomic E-state index is 0.0398. The molecule has 1 heterocycles. The van der Waals surface area contributed by atoms with E-state index >= 15 is 0 Å². The third-order valence-corrected chi connectivity index (χ3v) is 5.03. The predicted molar refractivity (Wildman–Crippen MR) is 107 cm³/mol. The highest BCUT2D eigenvalue weighted by atomic mass is 32.1. The van der Waals surface area contributed by atoms with Crippen LogP contribution in [0.5, 0.6) is 17.2 Å². The fourth-order valence-corrected chi connectivity index (χ4v) is 3.49. The van der Waals surface area contributed by atoms with Crippen LogP contribution in [-0.2, 0) is 6.61 Å². The summed E-state index contributed by atoms with van der Waals surface area (Å²) < 4.78 is 16.7. The van der Waals surface area contributed by atoms with Gasteiger partial charge in [-0.2, -0.15) is 0 Å². The van der Waals surface area contributed by atoms with Gasteiger partial charge in [-0.05, 0) is 38.1 Å². The van der Waals surface area contributed by atoms with Gasteiger partial charge < -0.3 is 14.2 Å². The van der Waals surface area contributed by atoms with Crippen molar-refractivity contribution in [1.29, 1.82) is 0 Å². The van der Waals surface area contributed by atoms with Gasteiger partial charge in [0.2, 0.25) is 0 Å². The molecule has 0 aliphatic carbocycles. The number of hydrogen-bond donors (Lipinski definition) is 0. The standard InChI is InChI=1S/C20H20N2O5S/c1-4-26-18-9-8-14(10-19(18)25-3)20-21-15(12-28-20)11-27-17-7-5-6-16(13(17)2)22(23)24/h5-10,12H,4,11H2,1-3H3. The average molecular weight is 400 g/mol. The average Bonchev–Trinajstić information content (AvgIpc) is 3.16. The Morgan fingerprint density at radius 1 is 1.14 bits per heavy atom. The summed E-state index contributed by atoms with van der Waals surface area (Å²) in [5, 5.41) is 13.8. The lowest BCUT2D eigenvalue weighted by Gasteiger charge is -2.10. The molecule has 146 valence electrons. The number of aromatic nitrogens is 1. The molecule has 3 rings (SSSR count). The van der Waals surface area contributed by atoms with Gasteiger partial charge in [0.1, 0.15) is 17.4 Å². The first-order chi connectivity index (χ1) is 13.5. The highest BCUT2D eigenvalue weighted by Crippen LogP contribution is 2.34. The highest BCUT2D eigenvalue weighted by Gasteiger charge is 2.15. The van der Waals surface area contributed by atoms with Crippen molar-refractivity contribution in [2.75, 3.05) is 13.7 Å². The van der Waals surface area contributed by atoms with E-state index in [1.165, 1.54) is 17.4 Å². The quantitative estimate of drug-likeness (QED) is 0.390. The zero-order valence-electron chi connectivity index (χ0n) is 15.8. The van der Waals surface area contributed by atoms with E-state index in [9.17, 15) is 10.1 Å². The number of ether oxygens (including phenoxy) is 3. The van der Waals surface area contributed by atoms with E-state index in [0.717, 1.165) is 16.3 Å². The van der Waals surface area contributed by atoms with Gasteiger partial charge in [-0.3, -0.25) is 10.1 Å². The van der Waals surface area contributed by atoms with Crippen LogP contribution in [0.2, 0.25) is 0 Å². The molecule has 0 atom stereocenters. The third-order valence-electron chi connectivity index (χ3n) is 4.09. The Morgan fingerprint density at radius 3 is 2.68 bits per heavy atom. The molecule has 1 aromatic heterocycles. The summed E-state index contributed by atoms with van der Waals surface area (Å²) in [5.41, 5.74) is 2.21. The van der Waals surface area contributed by atoms with E-state index < -0.39 is 4.92 Å². The van der Waals surface area contributed by atoms with Crippen molar-refractivity contribution in [2.24, 2.45) is 0 Å². The topological polar surface area (TPSA) is 83.7 Å². The molecule has 2 aromatic carbocycles. The SMILES string of the molecule is CCOc1ccc(-c2nc(COc3cccc([N+](=O)[O-])c3C)cs2)cc1OC. The Morgan fingerprint density at radius 2 is 1.96 bits per heavy atom. The molecule has 0 spiro atoms. The molecule has 8 heteroatoms. The summed E-state index contributed by atoms with van der Waals surface area (Å²) in [6.07, 6.45) is 0. The molecule has 28 heavy (non-hydrogen) atoms. The van der Waals surface area contributed by atoms with Crippen LogP contribution >= 0.6 is 11.3 Å². The molecule has 0 saturated heterocycles. The molecule has 0 unspecified atom stereocenters. The largest absolute Gasteiger partial charge is 0.493 e. The predicted octanol–water partition coefficient (Wildman–Crippen LogP) is 5.01. The van der Waals surface area contributed by atoms with Crippen LogP contribution in [-0.4, -0.2) is 23.6 Å². The summed E-state index contributed by atoms with van der Waals surface area (Å²) in [4.78, 5) is 15.2. The van der Waals surface area contributed by atoms with Crippen LogP contribution in [0.15, 0.2) is 41.8 Å². The summed E-state index contributed by atoms with van der Waals surface area (Å²) in [6, 6.07) is 10.5. The molecule has 0 saturated carbocycles. The lowest BCUT2D eigenvalue weighted by Crippen LogP contribution is -2.00. The van der Waals surface area contributed by atoms with Crippen LogP contribution in [0.4, 0.5) is 5.69 Å². The van der Waals surface area contributed by atoms with E-state index in [1.54, 1.807) is 26.2 Å². The van der Waals surface area contributed by atoms with Crippen molar-refractivity contribution in [1.82, 2.24) is 4.98 Å². The molecule has 0 aliphatic heterocycles. The number of hydrogen-bond acceptors (Lipinski definition) is 7. The maximum atomic E-state index is 11.0. The molecule has 7 nitrogen and oxygen atoms in total. The van der Waals surface area contributed by atoms with Crippen molar-refractivity contribution < 1.29 is 19.1 Å². The van der Waals surface area contributed by atoms with Crippen LogP contribution in [0.1, 0.15) is 18.2 Å². The number of benzene rings is 2. The van der Waals surface area contributed by atoms with E-state index in [0.29, 0.717) is 29.4 Å². The summed E-state index contributed by atoms with van der Waals surface area (Å²) in [6.45, 7) is 4.38. The van der Waals surface area contributed by atoms with Gasteiger partial charge in [0.15, 0.2) is 11.5 Å². The number of nitro benzene ring substituents is 1. The van der Waals surface area contributed by atoms with Crippen LogP contribution in [0.3, 0.4) is 0 Å². The summed E-state index contributed by atoms with van der Waals surface area (Å²) in [7, 11) is 1.60. The first-order valence-corrected chi connectivity index (χ1v) is 9.53. The smallest absolute Gasteiger partial charge is 0.276 e. The van der Waals surface area contributed by atoms with E-state index in [4.69, 9.17) is 14.2 Å². The first kappa shape index (κ1) is 19.6. The summed E-state index contributed by atoms with van der Waals surface area (Å²) in [5.74, 6) is 1.82. The van der Waals surface area contributed by atoms with Gasteiger partial charge in [0.25, 0.3) is 5.69 Å². The molecule has 0 radical (unpaired) electrons. The van der Waals surface area contributed by atoms with E-state index in [2.05, 4.69) is 4.98 Å². The maximum absolute atomic E-state index is 11.0. The molecule has 0 amide bonds. The third kappa shape index (κ3) is 4.23. The van der Waals surface area contributed by atoms with Gasteiger partial charge in [-0.25, -0.2) is 4.98 Å². The number of methoxy groups -OCH3 is 1. The van der Waals surface area contributed by atoms with Gasteiger partial charge in [-0.15, -0.1) is 11.3 Å². The molecule has 0 N–H and O–H groups in total. The zero-order chi connectivity index (χ0) is 20.1. The van der Waals surface area contributed by atoms with Crippen LogP contribution in [0, 0.1) is 17.0 Å². The second-order valence-corrected chi connectivity index (χ2v) is 6.75. The van der Waals surface area contributed by atoms with E-state index in [1.807, 2.05) is 30.5 Å². The molecule has 0 bridgehead atoms. The number of thiazole rings is 1. The fourth-order valence-electron chi connectivity index (χ4n) is 2.69. The lowest BCUT2D eigenvalue weighted by atomic mass is 10.2. The number of rotatable bonds is 8. The molecule has 0 fully saturated rings. The van der Waals surface area contributed by atoms with Gasteiger partial charge in [0, 0.05) is 17.0 Å². The molecular weight excluding hydrogens is 380 g/mol. The molecule has 3 aromatic rings. The Labute approximate surface area is 166 Å². The Kier molecular flexibility index (Phi) is 6.10. The first-order valence-electron chi connectivity index (χ1n) is 8.66. The monoisotopic (exact) mass is 400 g/mol. The van der Waals surface area contributed by atoms with Crippen molar-refractivity contribution in [3.05, 3.63) is 63.1 Å². The Bertz CT molecular complexity index is 986. The van der Waals surface area contributed by atoms with E-state index in [-0.39, 0.29) is 12.3 Å². The minimum Gasteiger partial charge on any atom is -0.493 e. The highest BCUT2D eigenvalue weighted by molar-refractivity contribution is 7.13. The molecule has 0 aliphatic rings. The van der Waals surface area contributed by atoms with Crippen molar-refractivity contribution in [2.45, 2.75) is 20.5 Å². The molecular formula is C20H20N2O5S. The second kappa shape index (κ2) is 8.71. The normalized spacial score (nSPS) is 10.5. The van der Waals surface area contributed by atoms with Crippen molar-refractivity contribution in [3.8, 4) is 27.8 Å². The van der Waals surface area contributed by atoms with Gasteiger partial charge in [-0.1, -0.05) is 6.07 Å². The number of nitrogens with zero attached hydrogens (tertiary/aromatic N) is 2. The summed E-state index contributed by atoms with van der Waals surface area (Å²) >= 11 is 1.49. The van der Waals surface area contributed by atoms with Crippen molar-refractivity contribution in [3.63, 3.8) is 0 Å². The Balaban J connectivity index is 1.75. The van der Waals surface area contributed by atoms with Gasteiger partial charge in [0.05, 0.1) is 29.9 Å². The zero-order valence-corrected chi connectivity index (χ0v) is 16.6. The lowest BCUT2D eigenvalue weighted by molar-refractivity contribution is -0.385. The maximum Gasteiger partial charge on any atom is 0.276 e. The van der Waals surface area contributed by atoms with Crippen LogP contribution < -0.4 is 14.2 Å².